The normalized spacial score (nSPS) is 10.7. The van der Waals surface area contributed by atoms with Crippen molar-refractivity contribution >= 4 is 5.91 Å². The number of rotatable bonds is 5. The fraction of sp³-hybridized carbons (Fsp3) is 0.438. The number of amides is 1. The second-order valence-electron chi connectivity index (χ2n) is 5.60. The molecule has 0 aromatic carbocycles. The molecule has 6 heteroatoms. The van der Waals surface area contributed by atoms with Crippen LogP contribution in [-0.4, -0.2) is 21.1 Å². The predicted molar refractivity (Wildman–Crippen MR) is 84.8 cm³/mol. The lowest BCUT2D eigenvalue weighted by atomic mass is 10.1. The van der Waals surface area contributed by atoms with Crippen molar-refractivity contribution in [1.82, 2.24) is 20.5 Å². The SMILES string of the molecule is Cc1[nH]nc(CCC(=O)NCc2[nH]cc(C)c(=O)c2C)c1C. The van der Waals surface area contributed by atoms with Gasteiger partial charge in [0.05, 0.1) is 12.2 Å². The Morgan fingerprint density at radius 1 is 1.23 bits per heavy atom. The van der Waals surface area contributed by atoms with E-state index in [0.29, 0.717) is 30.5 Å². The third-order valence-corrected chi connectivity index (χ3v) is 4.02. The lowest BCUT2D eigenvalue weighted by Crippen LogP contribution is -2.26. The number of nitrogens with one attached hydrogen (secondary N) is 3. The monoisotopic (exact) mass is 302 g/mol. The number of hydrogen-bond donors (Lipinski definition) is 3. The summed E-state index contributed by atoms with van der Waals surface area (Å²) in [6.45, 7) is 7.82. The zero-order valence-electron chi connectivity index (χ0n) is 13.5. The van der Waals surface area contributed by atoms with Crippen LogP contribution in [0.5, 0.6) is 0 Å². The molecule has 118 valence electrons. The van der Waals surface area contributed by atoms with E-state index in [9.17, 15) is 9.59 Å². The number of aryl methyl sites for hydroxylation is 3. The molecule has 6 nitrogen and oxygen atoms in total. The standard InChI is InChI=1S/C16H22N4O2/c1-9-7-17-14(11(3)16(9)22)8-18-15(21)6-5-13-10(2)12(4)19-20-13/h7H,5-6,8H2,1-4H3,(H,17,22)(H,18,21)(H,19,20). The van der Waals surface area contributed by atoms with Gasteiger partial charge in [0.15, 0.2) is 5.43 Å². The summed E-state index contributed by atoms with van der Waals surface area (Å²) in [6, 6.07) is 0. The Kier molecular flexibility index (Phi) is 4.80. The molecular formula is C16H22N4O2. The molecule has 0 aliphatic heterocycles. The summed E-state index contributed by atoms with van der Waals surface area (Å²) in [6.07, 6.45) is 2.65. The summed E-state index contributed by atoms with van der Waals surface area (Å²) in [7, 11) is 0. The molecule has 0 saturated carbocycles. The minimum absolute atomic E-state index is 0.0191. The van der Waals surface area contributed by atoms with E-state index in [1.165, 1.54) is 0 Å². The Bertz CT molecular complexity index is 743. The van der Waals surface area contributed by atoms with Crippen LogP contribution in [0, 0.1) is 27.7 Å². The van der Waals surface area contributed by atoms with Crippen LogP contribution in [0.1, 0.15) is 40.2 Å². The number of nitrogens with zero attached hydrogens (tertiary/aromatic N) is 1. The highest BCUT2D eigenvalue weighted by Crippen LogP contribution is 2.10. The molecule has 2 aromatic heterocycles. The number of aromatic amines is 2. The van der Waals surface area contributed by atoms with E-state index in [-0.39, 0.29) is 11.3 Å². The van der Waals surface area contributed by atoms with Crippen LogP contribution in [0.15, 0.2) is 11.0 Å². The fourth-order valence-electron chi connectivity index (χ4n) is 2.27. The van der Waals surface area contributed by atoms with E-state index < -0.39 is 0 Å². The number of pyridine rings is 1. The summed E-state index contributed by atoms with van der Waals surface area (Å²) < 4.78 is 0. The van der Waals surface area contributed by atoms with Gasteiger partial charge in [0.25, 0.3) is 0 Å². The second kappa shape index (κ2) is 6.60. The van der Waals surface area contributed by atoms with Gasteiger partial charge in [0.2, 0.25) is 5.91 Å². The first kappa shape index (κ1) is 16.0. The zero-order chi connectivity index (χ0) is 16.3. The van der Waals surface area contributed by atoms with Gasteiger partial charge in [0.1, 0.15) is 0 Å². The predicted octanol–water partition coefficient (Wildman–Crippen LogP) is 1.58. The summed E-state index contributed by atoms with van der Waals surface area (Å²) in [4.78, 5) is 26.8. The van der Waals surface area contributed by atoms with Crippen molar-refractivity contribution in [2.75, 3.05) is 0 Å². The topological polar surface area (TPSA) is 90.6 Å². The van der Waals surface area contributed by atoms with Crippen LogP contribution in [0.4, 0.5) is 0 Å². The van der Waals surface area contributed by atoms with Gasteiger partial charge >= 0.3 is 0 Å². The summed E-state index contributed by atoms with van der Waals surface area (Å²) in [5.41, 5.74) is 5.15. The number of carbonyl (C=O) groups excluding carboxylic acids is 1. The smallest absolute Gasteiger partial charge is 0.220 e. The lowest BCUT2D eigenvalue weighted by molar-refractivity contribution is -0.121. The highest BCUT2D eigenvalue weighted by atomic mass is 16.1. The zero-order valence-corrected chi connectivity index (χ0v) is 13.5. The van der Waals surface area contributed by atoms with E-state index in [4.69, 9.17) is 0 Å². The summed E-state index contributed by atoms with van der Waals surface area (Å²) in [5, 5.41) is 9.94. The maximum Gasteiger partial charge on any atom is 0.220 e. The Labute approximate surface area is 129 Å². The van der Waals surface area contributed by atoms with Gasteiger partial charge in [-0.3, -0.25) is 14.7 Å². The van der Waals surface area contributed by atoms with Crippen molar-refractivity contribution in [3.8, 4) is 0 Å². The largest absolute Gasteiger partial charge is 0.363 e. The van der Waals surface area contributed by atoms with Crippen molar-refractivity contribution in [1.29, 1.82) is 0 Å². The Morgan fingerprint density at radius 3 is 2.59 bits per heavy atom. The number of aromatic nitrogens is 3. The Balaban J connectivity index is 1.90. The van der Waals surface area contributed by atoms with Gasteiger partial charge in [-0.15, -0.1) is 0 Å². The van der Waals surface area contributed by atoms with E-state index in [1.54, 1.807) is 20.0 Å². The van der Waals surface area contributed by atoms with Crippen LogP contribution in [-0.2, 0) is 17.8 Å². The van der Waals surface area contributed by atoms with Gasteiger partial charge in [-0.05, 0) is 33.3 Å². The average Bonchev–Trinajstić information content (AvgIpc) is 2.81. The Morgan fingerprint density at radius 2 is 1.95 bits per heavy atom. The number of carbonyl (C=O) groups is 1. The van der Waals surface area contributed by atoms with Crippen molar-refractivity contribution in [2.45, 2.75) is 47.1 Å². The first-order valence-corrected chi connectivity index (χ1v) is 7.35. The van der Waals surface area contributed by atoms with E-state index in [2.05, 4.69) is 20.5 Å². The maximum atomic E-state index is 11.9. The Hall–Kier alpha value is -2.37. The molecule has 0 saturated heterocycles. The van der Waals surface area contributed by atoms with Gasteiger partial charge in [-0.1, -0.05) is 0 Å². The molecule has 3 N–H and O–H groups in total. The first-order chi connectivity index (χ1) is 10.4. The molecule has 2 heterocycles. The molecule has 0 atom stereocenters. The van der Waals surface area contributed by atoms with Crippen LogP contribution in [0.2, 0.25) is 0 Å². The molecule has 0 bridgehead atoms. The van der Waals surface area contributed by atoms with Crippen LogP contribution >= 0.6 is 0 Å². The molecule has 2 rings (SSSR count). The maximum absolute atomic E-state index is 11.9. The van der Waals surface area contributed by atoms with E-state index in [0.717, 1.165) is 22.6 Å². The van der Waals surface area contributed by atoms with Crippen molar-refractivity contribution in [3.05, 3.63) is 50.2 Å². The number of hydrogen-bond acceptors (Lipinski definition) is 3. The van der Waals surface area contributed by atoms with Gasteiger partial charge < -0.3 is 10.3 Å². The quantitative estimate of drug-likeness (QED) is 0.783. The van der Waals surface area contributed by atoms with Gasteiger partial charge in [0, 0.05) is 41.6 Å². The molecule has 0 aliphatic rings. The summed E-state index contributed by atoms with van der Waals surface area (Å²) >= 11 is 0. The van der Waals surface area contributed by atoms with Crippen molar-refractivity contribution in [2.24, 2.45) is 0 Å². The van der Waals surface area contributed by atoms with Gasteiger partial charge in [-0.2, -0.15) is 5.10 Å². The first-order valence-electron chi connectivity index (χ1n) is 7.35. The molecule has 22 heavy (non-hydrogen) atoms. The fourth-order valence-corrected chi connectivity index (χ4v) is 2.27. The van der Waals surface area contributed by atoms with E-state index >= 15 is 0 Å². The highest BCUT2D eigenvalue weighted by Gasteiger charge is 2.10. The van der Waals surface area contributed by atoms with E-state index in [1.807, 2.05) is 13.8 Å². The number of H-pyrrole nitrogens is 2. The molecule has 0 radical (unpaired) electrons. The minimum atomic E-state index is -0.0547. The molecule has 0 aliphatic carbocycles. The summed E-state index contributed by atoms with van der Waals surface area (Å²) in [5.74, 6) is -0.0547. The average molecular weight is 302 g/mol. The van der Waals surface area contributed by atoms with Crippen molar-refractivity contribution in [3.63, 3.8) is 0 Å². The molecule has 0 spiro atoms. The molecular weight excluding hydrogens is 280 g/mol. The molecule has 2 aromatic rings. The van der Waals surface area contributed by atoms with Crippen LogP contribution in [0.3, 0.4) is 0 Å². The van der Waals surface area contributed by atoms with Crippen LogP contribution < -0.4 is 10.7 Å². The third-order valence-electron chi connectivity index (χ3n) is 4.02. The van der Waals surface area contributed by atoms with Gasteiger partial charge in [-0.25, -0.2) is 0 Å². The second-order valence-corrected chi connectivity index (χ2v) is 5.60. The molecule has 1 amide bonds. The minimum Gasteiger partial charge on any atom is -0.363 e. The van der Waals surface area contributed by atoms with Crippen molar-refractivity contribution < 1.29 is 4.79 Å². The lowest BCUT2D eigenvalue weighted by Gasteiger charge is -2.08. The molecule has 0 fully saturated rings. The third kappa shape index (κ3) is 3.44. The highest BCUT2D eigenvalue weighted by molar-refractivity contribution is 5.76. The van der Waals surface area contributed by atoms with Crippen LogP contribution in [0.25, 0.3) is 0 Å². The molecule has 0 unspecified atom stereocenters.